The Morgan fingerprint density at radius 3 is 2.50 bits per heavy atom. The van der Waals surface area contributed by atoms with Gasteiger partial charge in [0, 0.05) is 19.8 Å². The molecule has 0 bridgehead atoms. The highest BCUT2D eigenvalue weighted by Gasteiger charge is 2.40. The molecule has 5 heteroatoms. The van der Waals surface area contributed by atoms with Crippen LogP contribution in [0.2, 0.25) is 0 Å². The lowest BCUT2D eigenvalue weighted by atomic mass is 10.00. The second kappa shape index (κ2) is 6.73. The SMILES string of the molecule is CCC1NC(=O)C(CC)N(C(C)CCOC)C1=O. The van der Waals surface area contributed by atoms with Gasteiger partial charge in [-0.15, -0.1) is 0 Å². The van der Waals surface area contributed by atoms with Crippen LogP contribution in [0.5, 0.6) is 0 Å². The van der Waals surface area contributed by atoms with E-state index in [0.717, 1.165) is 6.42 Å². The van der Waals surface area contributed by atoms with Gasteiger partial charge in [0.15, 0.2) is 0 Å². The van der Waals surface area contributed by atoms with Crippen molar-refractivity contribution in [1.82, 2.24) is 10.2 Å². The molecule has 0 aliphatic carbocycles. The molecular formula is C13H24N2O3. The van der Waals surface area contributed by atoms with Gasteiger partial charge in [0.1, 0.15) is 12.1 Å². The van der Waals surface area contributed by atoms with Gasteiger partial charge in [-0.3, -0.25) is 9.59 Å². The maximum Gasteiger partial charge on any atom is 0.246 e. The lowest BCUT2D eigenvalue weighted by Crippen LogP contribution is -2.65. The van der Waals surface area contributed by atoms with Gasteiger partial charge in [0.05, 0.1) is 0 Å². The average Bonchev–Trinajstić information content (AvgIpc) is 2.37. The predicted octanol–water partition coefficient (Wildman–Crippen LogP) is 0.927. The number of nitrogens with one attached hydrogen (secondary N) is 1. The van der Waals surface area contributed by atoms with Crippen LogP contribution in [0.15, 0.2) is 0 Å². The third-order valence-corrected chi connectivity index (χ3v) is 3.52. The van der Waals surface area contributed by atoms with Crippen molar-refractivity contribution >= 4 is 11.8 Å². The molecule has 5 nitrogen and oxygen atoms in total. The first-order valence-corrected chi connectivity index (χ1v) is 6.68. The summed E-state index contributed by atoms with van der Waals surface area (Å²) < 4.78 is 5.05. The number of carbonyl (C=O) groups is 2. The van der Waals surface area contributed by atoms with Gasteiger partial charge in [0.25, 0.3) is 0 Å². The fourth-order valence-electron chi connectivity index (χ4n) is 2.40. The number of ether oxygens (including phenoxy) is 1. The van der Waals surface area contributed by atoms with Gasteiger partial charge < -0.3 is 15.0 Å². The molecule has 0 aromatic heterocycles. The summed E-state index contributed by atoms with van der Waals surface area (Å²) in [5.74, 6) is 0.000713. The van der Waals surface area contributed by atoms with Gasteiger partial charge in [-0.1, -0.05) is 13.8 Å². The lowest BCUT2D eigenvalue weighted by molar-refractivity contribution is -0.152. The Morgan fingerprint density at radius 2 is 2.00 bits per heavy atom. The molecule has 1 saturated heterocycles. The van der Waals surface area contributed by atoms with Crippen LogP contribution in [0.3, 0.4) is 0 Å². The average molecular weight is 256 g/mol. The first kappa shape index (κ1) is 15.0. The summed E-state index contributed by atoms with van der Waals surface area (Å²) in [7, 11) is 1.64. The van der Waals surface area contributed by atoms with E-state index in [1.807, 2.05) is 20.8 Å². The molecule has 1 aliphatic heterocycles. The maximum absolute atomic E-state index is 12.3. The number of methoxy groups -OCH3 is 1. The second-order valence-corrected chi connectivity index (χ2v) is 4.77. The van der Waals surface area contributed by atoms with Crippen molar-refractivity contribution in [3.8, 4) is 0 Å². The number of nitrogens with zero attached hydrogens (tertiary/aromatic N) is 1. The summed E-state index contributed by atoms with van der Waals surface area (Å²) in [4.78, 5) is 26.1. The van der Waals surface area contributed by atoms with E-state index in [1.165, 1.54) is 0 Å². The Kier molecular flexibility index (Phi) is 5.59. The fraction of sp³-hybridized carbons (Fsp3) is 0.846. The molecule has 3 unspecified atom stereocenters. The summed E-state index contributed by atoms with van der Waals surface area (Å²) in [5.41, 5.74) is 0. The highest BCUT2D eigenvalue weighted by atomic mass is 16.5. The molecular weight excluding hydrogens is 232 g/mol. The Bertz CT molecular complexity index is 307. The van der Waals surface area contributed by atoms with Crippen LogP contribution in [-0.2, 0) is 14.3 Å². The smallest absolute Gasteiger partial charge is 0.246 e. The van der Waals surface area contributed by atoms with Gasteiger partial charge in [-0.05, 0) is 26.2 Å². The van der Waals surface area contributed by atoms with Crippen molar-refractivity contribution in [1.29, 1.82) is 0 Å². The highest BCUT2D eigenvalue weighted by Crippen LogP contribution is 2.19. The maximum atomic E-state index is 12.3. The summed E-state index contributed by atoms with van der Waals surface area (Å²) in [6, 6.07) is -0.681. The normalized spacial score (nSPS) is 26.1. The predicted molar refractivity (Wildman–Crippen MR) is 69.1 cm³/mol. The van der Waals surface area contributed by atoms with E-state index in [0.29, 0.717) is 19.4 Å². The monoisotopic (exact) mass is 256 g/mol. The zero-order chi connectivity index (χ0) is 13.7. The summed E-state index contributed by atoms with van der Waals surface area (Å²) in [5, 5.41) is 2.80. The number of hydrogen-bond donors (Lipinski definition) is 1. The zero-order valence-corrected chi connectivity index (χ0v) is 11.7. The minimum Gasteiger partial charge on any atom is -0.385 e. The third-order valence-electron chi connectivity index (χ3n) is 3.52. The van der Waals surface area contributed by atoms with Crippen molar-refractivity contribution in [2.45, 2.75) is 58.2 Å². The van der Waals surface area contributed by atoms with Crippen LogP contribution in [0, 0.1) is 0 Å². The van der Waals surface area contributed by atoms with Crippen LogP contribution in [0.1, 0.15) is 40.0 Å². The largest absolute Gasteiger partial charge is 0.385 e. The minimum atomic E-state index is -0.370. The highest BCUT2D eigenvalue weighted by molar-refractivity contribution is 5.97. The van der Waals surface area contributed by atoms with Crippen LogP contribution in [0.25, 0.3) is 0 Å². The summed E-state index contributed by atoms with van der Waals surface area (Å²) >= 11 is 0. The van der Waals surface area contributed by atoms with E-state index in [-0.39, 0.29) is 29.9 Å². The zero-order valence-electron chi connectivity index (χ0n) is 11.7. The molecule has 18 heavy (non-hydrogen) atoms. The third kappa shape index (κ3) is 3.02. The van der Waals surface area contributed by atoms with E-state index >= 15 is 0 Å². The van der Waals surface area contributed by atoms with E-state index in [4.69, 9.17) is 4.74 Å². The van der Waals surface area contributed by atoms with Gasteiger partial charge in [0.2, 0.25) is 11.8 Å². The van der Waals surface area contributed by atoms with E-state index < -0.39 is 0 Å². The van der Waals surface area contributed by atoms with Crippen molar-refractivity contribution in [3.05, 3.63) is 0 Å². The number of rotatable bonds is 6. The lowest BCUT2D eigenvalue weighted by Gasteiger charge is -2.42. The molecule has 1 fully saturated rings. The Balaban J connectivity index is 2.85. The van der Waals surface area contributed by atoms with Crippen molar-refractivity contribution in [3.63, 3.8) is 0 Å². The second-order valence-electron chi connectivity index (χ2n) is 4.77. The molecule has 0 aromatic carbocycles. The number of amides is 2. The van der Waals surface area contributed by atoms with E-state index in [1.54, 1.807) is 12.0 Å². The Morgan fingerprint density at radius 1 is 1.33 bits per heavy atom. The Hall–Kier alpha value is -1.10. The number of piperazine rings is 1. The first-order chi connectivity index (χ1) is 8.56. The van der Waals surface area contributed by atoms with Crippen molar-refractivity contribution in [2.24, 2.45) is 0 Å². The quantitative estimate of drug-likeness (QED) is 0.769. The molecule has 0 aromatic rings. The number of carbonyl (C=O) groups excluding carboxylic acids is 2. The molecule has 1 heterocycles. The van der Waals surface area contributed by atoms with Crippen LogP contribution in [-0.4, -0.2) is 48.6 Å². The molecule has 3 atom stereocenters. The van der Waals surface area contributed by atoms with Gasteiger partial charge in [-0.2, -0.15) is 0 Å². The van der Waals surface area contributed by atoms with E-state index in [2.05, 4.69) is 5.32 Å². The topological polar surface area (TPSA) is 58.6 Å². The van der Waals surface area contributed by atoms with Gasteiger partial charge in [-0.25, -0.2) is 0 Å². The first-order valence-electron chi connectivity index (χ1n) is 6.68. The molecule has 1 rings (SSSR count). The molecule has 1 N–H and O–H groups in total. The van der Waals surface area contributed by atoms with E-state index in [9.17, 15) is 9.59 Å². The Labute approximate surface area is 109 Å². The number of hydrogen-bond acceptors (Lipinski definition) is 3. The van der Waals surface area contributed by atoms with Crippen LogP contribution < -0.4 is 5.32 Å². The molecule has 0 spiro atoms. The fourth-order valence-corrected chi connectivity index (χ4v) is 2.40. The summed E-state index contributed by atoms with van der Waals surface area (Å²) in [6.07, 6.45) is 2.03. The molecule has 104 valence electrons. The van der Waals surface area contributed by atoms with Gasteiger partial charge >= 0.3 is 0 Å². The van der Waals surface area contributed by atoms with Crippen molar-refractivity contribution in [2.75, 3.05) is 13.7 Å². The molecule has 0 radical (unpaired) electrons. The molecule has 1 aliphatic rings. The van der Waals surface area contributed by atoms with Crippen LogP contribution >= 0.6 is 0 Å². The standard InChI is InChI=1S/C13H24N2O3/c1-5-10-13(17)15(9(3)7-8-18-4)11(6-2)12(16)14-10/h9-11H,5-8H2,1-4H3,(H,14,16). The van der Waals surface area contributed by atoms with Crippen LogP contribution in [0.4, 0.5) is 0 Å². The molecule has 0 saturated carbocycles. The molecule has 2 amide bonds. The summed E-state index contributed by atoms with van der Waals surface area (Å²) in [6.45, 7) is 6.41. The van der Waals surface area contributed by atoms with Crippen molar-refractivity contribution < 1.29 is 14.3 Å². The minimum absolute atomic E-state index is 0.0301.